The quantitative estimate of drug-likeness (QED) is 0.552. The van der Waals surface area contributed by atoms with Gasteiger partial charge in [0.15, 0.2) is 5.65 Å². The van der Waals surface area contributed by atoms with Gasteiger partial charge in [0.1, 0.15) is 5.82 Å². The molecule has 4 aromatic rings. The molecule has 5 nitrogen and oxygen atoms in total. The molecule has 0 amide bonds. The number of fused-ring (bicyclic) bond motifs is 2. The molecule has 0 spiro atoms. The highest BCUT2D eigenvalue weighted by molar-refractivity contribution is 5.92. The van der Waals surface area contributed by atoms with E-state index in [2.05, 4.69) is 67.9 Å². The predicted octanol–water partition coefficient (Wildman–Crippen LogP) is 3.97. The van der Waals surface area contributed by atoms with Gasteiger partial charge >= 0.3 is 0 Å². The van der Waals surface area contributed by atoms with Crippen LogP contribution in [0, 0.1) is 6.92 Å². The number of para-hydroxylation sites is 1. The molecule has 5 rings (SSSR count). The van der Waals surface area contributed by atoms with Gasteiger partial charge in [-0.05, 0) is 44.0 Å². The Morgan fingerprint density at radius 2 is 1.92 bits per heavy atom. The summed E-state index contributed by atoms with van der Waals surface area (Å²) in [4.78, 5) is 7.18. The first-order valence-corrected chi connectivity index (χ1v) is 9.20. The molecule has 1 aromatic carbocycles. The van der Waals surface area contributed by atoms with Crippen LogP contribution < -0.4 is 4.90 Å². The van der Waals surface area contributed by atoms with E-state index in [1.807, 2.05) is 18.2 Å². The number of piperidine rings is 1. The van der Waals surface area contributed by atoms with Crippen molar-refractivity contribution < 1.29 is 0 Å². The summed E-state index contributed by atoms with van der Waals surface area (Å²) < 4.78 is 2.13. The fourth-order valence-corrected chi connectivity index (χ4v) is 4.09. The Hall–Kier alpha value is -2.95. The third kappa shape index (κ3) is 2.51. The predicted molar refractivity (Wildman–Crippen MR) is 104 cm³/mol. The van der Waals surface area contributed by atoms with E-state index in [0.29, 0.717) is 5.92 Å². The SMILES string of the molecule is Cc1cc(N2CCC[C@H](c3nnc4ccccn34)C2)c2ccccc2n1. The monoisotopic (exact) mass is 343 g/mol. The lowest BCUT2D eigenvalue weighted by Crippen LogP contribution is -2.35. The molecule has 0 aliphatic carbocycles. The molecule has 0 saturated carbocycles. The van der Waals surface area contributed by atoms with E-state index in [9.17, 15) is 0 Å². The van der Waals surface area contributed by atoms with Crippen LogP contribution in [0.4, 0.5) is 5.69 Å². The number of benzene rings is 1. The van der Waals surface area contributed by atoms with Gasteiger partial charge in [0.25, 0.3) is 0 Å². The summed E-state index contributed by atoms with van der Waals surface area (Å²) in [5.74, 6) is 1.45. The second kappa shape index (κ2) is 6.09. The van der Waals surface area contributed by atoms with E-state index in [1.165, 1.54) is 11.1 Å². The molecule has 1 aliphatic rings. The number of rotatable bonds is 2. The van der Waals surface area contributed by atoms with Crippen LogP contribution in [-0.4, -0.2) is 32.7 Å². The molecule has 1 fully saturated rings. The van der Waals surface area contributed by atoms with Crippen LogP contribution in [0.2, 0.25) is 0 Å². The maximum absolute atomic E-state index is 4.69. The van der Waals surface area contributed by atoms with E-state index in [-0.39, 0.29) is 0 Å². The van der Waals surface area contributed by atoms with Gasteiger partial charge in [-0.2, -0.15) is 0 Å². The number of hydrogen-bond acceptors (Lipinski definition) is 4. The molecule has 1 atom stereocenters. The summed E-state index contributed by atoms with van der Waals surface area (Å²) in [7, 11) is 0. The minimum atomic E-state index is 0.383. The van der Waals surface area contributed by atoms with Crippen LogP contribution in [0.5, 0.6) is 0 Å². The Balaban J connectivity index is 1.54. The van der Waals surface area contributed by atoms with Crippen molar-refractivity contribution in [3.63, 3.8) is 0 Å². The first-order chi connectivity index (χ1) is 12.8. The average molecular weight is 343 g/mol. The average Bonchev–Trinajstić information content (AvgIpc) is 3.11. The molecule has 0 radical (unpaired) electrons. The minimum Gasteiger partial charge on any atom is -0.370 e. The lowest BCUT2D eigenvalue weighted by atomic mass is 9.96. The Morgan fingerprint density at radius 1 is 1.04 bits per heavy atom. The van der Waals surface area contributed by atoms with Gasteiger partial charge in [-0.25, -0.2) is 0 Å². The molecule has 4 heterocycles. The summed E-state index contributed by atoms with van der Waals surface area (Å²) in [6, 6.07) is 16.7. The molecule has 26 heavy (non-hydrogen) atoms. The van der Waals surface area contributed by atoms with Crippen LogP contribution >= 0.6 is 0 Å². The topological polar surface area (TPSA) is 46.3 Å². The zero-order chi connectivity index (χ0) is 17.5. The minimum absolute atomic E-state index is 0.383. The van der Waals surface area contributed by atoms with E-state index in [1.54, 1.807) is 0 Å². The zero-order valence-corrected chi connectivity index (χ0v) is 14.8. The van der Waals surface area contributed by atoms with Crippen molar-refractivity contribution >= 4 is 22.2 Å². The van der Waals surface area contributed by atoms with E-state index in [0.717, 1.165) is 48.6 Å². The first kappa shape index (κ1) is 15.3. The number of aryl methyl sites for hydroxylation is 1. The van der Waals surface area contributed by atoms with E-state index < -0.39 is 0 Å². The molecule has 5 heteroatoms. The second-order valence-electron chi connectivity index (χ2n) is 7.07. The summed E-state index contributed by atoms with van der Waals surface area (Å²) in [5.41, 5.74) is 4.34. The number of pyridine rings is 2. The molecule has 0 N–H and O–H groups in total. The number of hydrogen-bond donors (Lipinski definition) is 0. The summed E-state index contributed by atoms with van der Waals surface area (Å²) >= 11 is 0. The number of anilines is 1. The van der Waals surface area contributed by atoms with Crippen molar-refractivity contribution in [2.75, 3.05) is 18.0 Å². The van der Waals surface area contributed by atoms with Gasteiger partial charge in [-0.1, -0.05) is 24.3 Å². The lowest BCUT2D eigenvalue weighted by Gasteiger charge is -2.34. The smallest absolute Gasteiger partial charge is 0.160 e. The second-order valence-corrected chi connectivity index (χ2v) is 7.07. The Labute approximate surface area is 152 Å². The van der Waals surface area contributed by atoms with E-state index >= 15 is 0 Å². The van der Waals surface area contributed by atoms with Crippen molar-refractivity contribution in [1.82, 2.24) is 19.6 Å². The molecule has 1 saturated heterocycles. The van der Waals surface area contributed by atoms with Crippen molar-refractivity contribution in [1.29, 1.82) is 0 Å². The lowest BCUT2D eigenvalue weighted by molar-refractivity contribution is 0.489. The molecular weight excluding hydrogens is 322 g/mol. The van der Waals surface area contributed by atoms with Crippen LogP contribution in [0.25, 0.3) is 16.6 Å². The summed E-state index contributed by atoms with van der Waals surface area (Å²) in [6.45, 7) is 4.10. The van der Waals surface area contributed by atoms with Gasteiger partial charge in [0, 0.05) is 42.0 Å². The normalized spacial score (nSPS) is 17.9. The van der Waals surface area contributed by atoms with Gasteiger partial charge in [0.05, 0.1) is 5.52 Å². The maximum Gasteiger partial charge on any atom is 0.160 e. The largest absolute Gasteiger partial charge is 0.370 e. The van der Waals surface area contributed by atoms with Crippen LogP contribution in [0.3, 0.4) is 0 Å². The number of nitrogens with zero attached hydrogens (tertiary/aromatic N) is 5. The van der Waals surface area contributed by atoms with Gasteiger partial charge in [-0.3, -0.25) is 9.38 Å². The van der Waals surface area contributed by atoms with Crippen LogP contribution in [0.15, 0.2) is 54.7 Å². The van der Waals surface area contributed by atoms with Gasteiger partial charge < -0.3 is 4.90 Å². The summed E-state index contributed by atoms with van der Waals surface area (Å²) in [6.07, 6.45) is 4.37. The van der Waals surface area contributed by atoms with Crippen molar-refractivity contribution in [2.45, 2.75) is 25.7 Å². The Kier molecular flexibility index (Phi) is 3.59. The molecular formula is C21H21N5. The first-order valence-electron chi connectivity index (χ1n) is 9.20. The molecule has 3 aromatic heterocycles. The fourth-order valence-electron chi connectivity index (χ4n) is 4.09. The van der Waals surface area contributed by atoms with Crippen molar-refractivity contribution in [3.8, 4) is 0 Å². The van der Waals surface area contributed by atoms with Crippen molar-refractivity contribution in [3.05, 3.63) is 66.2 Å². The Bertz CT molecular complexity index is 1080. The maximum atomic E-state index is 4.69. The zero-order valence-electron chi connectivity index (χ0n) is 14.8. The number of aromatic nitrogens is 4. The summed E-state index contributed by atoms with van der Waals surface area (Å²) in [5, 5.41) is 10.1. The highest BCUT2D eigenvalue weighted by atomic mass is 15.3. The Morgan fingerprint density at radius 3 is 2.88 bits per heavy atom. The van der Waals surface area contributed by atoms with E-state index in [4.69, 9.17) is 0 Å². The van der Waals surface area contributed by atoms with Crippen LogP contribution in [0.1, 0.15) is 30.3 Å². The molecule has 0 bridgehead atoms. The fraction of sp³-hybridized carbons (Fsp3) is 0.286. The standard InChI is InChI=1S/C21H21N5/c1-15-13-19(17-8-2-3-9-18(17)22-15)25-11-6-7-16(14-25)21-24-23-20-10-4-5-12-26(20)21/h2-5,8-10,12-13,16H,6-7,11,14H2,1H3/t16-/m0/s1. The highest BCUT2D eigenvalue weighted by Crippen LogP contribution is 2.33. The third-order valence-electron chi connectivity index (χ3n) is 5.29. The third-order valence-corrected chi connectivity index (χ3v) is 5.29. The highest BCUT2D eigenvalue weighted by Gasteiger charge is 2.26. The molecule has 130 valence electrons. The van der Waals surface area contributed by atoms with Crippen LogP contribution in [-0.2, 0) is 0 Å². The molecule has 0 unspecified atom stereocenters. The van der Waals surface area contributed by atoms with Gasteiger partial charge in [-0.15, -0.1) is 10.2 Å². The van der Waals surface area contributed by atoms with Crippen molar-refractivity contribution in [2.24, 2.45) is 0 Å². The molecule has 1 aliphatic heterocycles. The van der Waals surface area contributed by atoms with Gasteiger partial charge in [0.2, 0.25) is 0 Å².